The van der Waals surface area contributed by atoms with Crippen LogP contribution >= 0.6 is 0 Å². The fraction of sp³-hybridized carbons (Fsp3) is 0.538. The molecule has 0 aromatic carbocycles. The lowest BCUT2D eigenvalue weighted by molar-refractivity contribution is 0.168. The van der Waals surface area contributed by atoms with E-state index < -0.39 is 7.12 Å². The maximum Gasteiger partial charge on any atom is 0.508 e. The first-order valence-corrected chi connectivity index (χ1v) is 6.59. The summed E-state index contributed by atoms with van der Waals surface area (Å²) in [4.78, 5) is 19.8. The average Bonchev–Trinajstić information content (AvgIpc) is 2.52. The van der Waals surface area contributed by atoms with Gasteiger partial charge in [0.15, 0.2) is 0 Å². The molecule has 0 saturated carbocycles. The molecular weight excluding hydrogens is 257 g/mol. The number of hydrogen-bond acceptors (Lipinski definition) is 4. The van der Waals surface area contributed by atoms with Gasteiger partial charge >= 0.3 is 13.1 Å². The second kappa shape index (κ2) is 5.07. The maximum atomic E-state index is 12.4. The van der Waals surface area contributed by atoms with E-state index in [1.807, 2.05) is 0 Å². The highest BCUT2D eigenvalue weighted by Gasteiger charge is 2.35. The number of fused-ring (bicyclic) bond motifs is 2. The van der Waals surface area contributed by atoms with Crippen molar-refractivity contribution in [2.45, 2.75) is 27.2 Å². The van der Waals surface area contributed by atoms with Crippen LogP contribution in [-0.2, 0) is 0 Å². The van der Waals surface area contributed by atoms with Gasteiger partial charge in [-0.3, -0.25) is 9.80 Å². The van der Waals surface area contributed by atoms with Gasteiger partial charge in [0.2, 0.25) is 0 Å². The van der Waals surface area contributed by atoms with E-state index in [2.05, 4.69) is 25.8 Å². The number of urea groups is 1. The fourth-order valence-corrected chi connectivity index (χ4v) is 2.21. The number of hydrogen-bond donors (Lipinski definition) is 2. The lowest BCUT2D eigenvalue weighted by atomic mass is 9.86. The quantitative estimate of drug-likeness (QED) is 0.739. The molecule has 7 heteroatoms. The van der Waals surface area contributed by atoms with Gasteiger partial charge in [-0.2, -0.15) is 0 Å². The molecule has 2 heterocycles. The highest BCUT2D eigenvalue weighted by molar-refractivity contribution is 6.51. The topological polar surface area (TPSA) is 76.4 Å². The smallest absolute Gasteiger partial charge is 0.422 e. The van der Waals surface area contributed by atoms with Gasteiger partial charge in [0.1, 0.15) is 5.84 Å². The average molecular weight is 277 g/mol. The van der Waals surface area contributed by atoms with E-state index in [4.69, 9.17) is 0 Å². The summed E-state index contributed by atoms with van der Waals surface area (Å²) in [6, 6.07) is -0.141. The summed E-state index contributed by atoms with van der Waals surface area (Å²) >= 11 is 0. The standard InChI is InChI=1S/C13H20BN3O3/c1-13(2,3)8-17-9-5-6-10(14(19)20)15-11(7-9)16(4)12(17)18/h5-6,19-20H,7-8H2,1-4H3. The molecule has 1 fully saturated rings. The van der Waals surface area contributed by atoms with E-state index >= 15 is 0 Å². The van der Waals surface area contributed by atoms with Crippen molar-refractivity contribution in [1.82, 2.24) is 9.80 Å². The predicted molar refractivity (Wildman–Crippen MR) is 77.7 cm³/mol. The Balaban J connectivity index is 2.40. The molecule has 20 heavy (non-hydrogen) atoms. The minimum absolute atomic E-state index is 0.0265. The number of allylic oxidation sites excluding steroid dienone is 2. The lowest BCUT2D eigenvalue weighted by Gasteiger charge is -2.39. The van der Waals surface area contributed by atoms with E-state index in [1.54, 1.807) is 24.1 Å². The van der Waals surface area contributed by atoms with Crippen molar-refractivity contribution < 1.29 is 14.8 Å². The number of nitrogens with zero attached hydrogens (tertiary/aromatic N) is 3. The van der Waals surface area contributed by atoms with Crippen molar-refractivity contribution in [1.29, 1.82) is 0 Å². The van der Waals surface area contributed by atoms with Gasteiger partial charge in [-0.25, -0.2) is 9.79 Å². The summed E-state index contributed by atoms with van der Waals surface area (Å²) in [6.45, 7) is 6.81. The largest absolute Gasteiger partial charge is 0.508 e. The molecule has 1 saturated heterocycles. The molecule has 0 aromatic heterocycles. The molecule has 6 nitrogen and oxygen atoms in total. The first-order valence-electron chi connectivity index (χ1n) is 6.59. The summed E-state index contributed by atoms with van der Waals surface area (Å²) in [5, 5.41) is 18.5. The Labute approximate surface area is 119 Å². The molecule has 0 spiro atoms. The first kappa shape index (κ1) is 14.8. The Morgan fingerprint density at radius 2 is 2.00 bits per heavy atom. The second-order valence-electron chi connectivity index (χ2n) is 6.32. The minimum atomic E-state index is -1.64. The van der Waals surface area contributed by atoms with Crippen LogP contribution < -0.4 is 0 Å². The van der Waals surface area contributed by atoms with Crippen LogP contribution in [0.2, 0.25) is 0 Å². The van der Waals surface area contributed by atoms with E-state index in [9.17, 15) is 14.8 Å². The fourth-order valence-electron chi connectivity index (χ4n) is 2.21. The van der Waals surface area contributed by atoms with Crippen molar-refractivity contribution in [3.8, 4) is 0 Å². The third-order valence-electron chi connectivity index (χ3n) is 3.19. The molecule has 0 radical (unpaired) electrons. The summed E-state index contributed by atoms with van der Waals surface area (Å²) in [6.07, 6.45) is 3.79. The molecule has 0 aromatic rings. The Morgan fingerprint density at radius 1 is 1.35 bits per heavy atom. The van der Waals surface area contributed by atoms with Crippen molar-refractivity contribution in [3.63, 3.8) is 0 Å². The molecule has 2 bridgehead atoms. The summed E-state index contributed by atoms with van der Waals surface area (Å²) in [7, 11) is 0.0126. The number of amides is 2. The number of rotatable bonds is 2. The Hall–Kier alpha value is -1.60. The van der Waals surface area contributed by atoms with Gasteiger partial charge in [0.05, 0.1) is 5.60 Å². The summed E-state index contributed by atoms with van der Waals surface area (Å²) in [5.74, 6) is 0.531. The monoisotopic (exact) mass is 277 g/mol. The van der Waals surface area contributed by atoms with Crippen LogP contribution in [0.4, 0.5) is 4.79 Å². The predicted octanol–water partition coefficient (Wildman–Crippen LogP) is 0.982. The van der Waals surface area contributed by atoms with Gasteiger partial charge < -0.3 is 10.0 Å². The van der Waals surface area contributed by atoms with Crippen LogP contribution in [0, 0.1) is 5.41 Å². The zero-order chi connectivity index (χ0) is 15.1. The molecule has 2 amide bonds. The molecule has 2 aliphatic rings. The molecule has 2 N–H and O–H groups in total. The van der Waals surface area contributed by atoms with Crippen molar-refractivity contribution in [2.75, 3.05) is 13.6 Å². The minimum Gasteiger partial charge on any atom is -0.422 e. The highest BCUT2D eigenvalue weighted by Crippen LogP contribution is 2.28. The van der Waals surface area contributed by atoms with Crippen LogP contribution in [0.3, 0.4) is 0 Å². The first-order chi connectivity index (χ1) is 9.19. The van der Waals surface area contributed by atoms with Gasteiger partial charge in [0, 0.05) is 25.7 Å². The van der Waals surface area contributed by atoms with E-state index in [-0.39, 0.29) is 17.0 Å². The number of carbonyl (C=O) groups is 1. The van der Waals surface area contributed by atoms with Crippen molar-refractivity contribution >= 4 is 19.0 Å². The Kier molecular flexibility index (Phi) is 3.75. The highest BCUT2D eigenvalue weighted by atomic mass is 16.4. The van der Waals surface area contributed by atoms with Gasteiger partial charge in [-0.05, 0) is 17.6 Å². The SMILES string of the molecule is CN1C(=O)N(CC(C)(C)C)C2=CC=C(B(O)O)N=C1C2. The summed E-state index contributed by atoms with van der Waals surface area (Å²) in [5.41, 5.74) is 0.950. The zero-order valence-corrected chi connectivity index (χ0v) is 12.3. The van der Waals surface area contributed by atoms with Gasteiger partial charge in [-0.1, -0.05) is 20.8 Å². The van der Waals surface area contributed by atoms with Crippen molar-refractivity contribution in [2.24, 2.45) is 10.4 Å². The van der Waals surface area contributed by atoms with E-state index in [0.717, 1.165) is 5.70 Å². The van der Waals surface area contributed by atoms with Gasteiger partial charge in [-0.15, -0.1) is 0 Å². The maximum absolute atomic E-state index is 12.4. The van der Waals surface area contributed by atoms with Gasteiger partial charge in [0.25, 0.3) is 0 Å². The molecule has 0 atom stereocenters. The number of aliphatic imine (C=N–C) groups is 1. The van der Waals surface area contributed by atoms with Crippen LogP contribution in [0.15, 0.2) is 28.4 Å². The number of carbonyl (C=O) groups excluding carboxylic acids is 1. The van der Waals surface area contributed by atoms with Crippen LogP contribution in [0.25, 0.3) is 0 Å². The molecule has 2 rings (SSSR count). The van der Waals surface area contributed by atoms with Crippen LogP contribution in [0.5, 0.6) is 0 Å². The third-order valence-corrected chi connectivity index (χ3v) is 3.19. The third kappa shape index (κ3) is 2.94. The molecular formula is C13H20BN3O3. The van der Waals surface area contributed by atoms with E-state index in [1.165, 1.54) is 4.90 Å². The second-order valence-corrected chi connectivity index (χ2v) is 6.32. The van der Waals surface area contributed by atoms with Crippen molar-refractivity contribution in [3.05, 3.63) is 23.4 Å². The Bertz CT molecular complexity index is 517. The Morgan fingerprint density at radius 3 is 2.55 bits per heavy atom. The molecule has 0 unspecified atom stereocenters. The molecule has 0 aliphatic carbocycles. The lowest BCUT2D eigenvalue weighted by Crippen LogP contribution is -2.51. The van der Waals surface area contributed by atoms with Crippen LogP contribution in [-0.4, -0.2) is 52.4 Å². The molecule has 2 aliphatic heterocycles. The van der Waals surface area contributed by atoms with Crippen LogP contribution in [0.1, 0.15) is 27.2 Å². The normalized spacial score (nSPS) is 19.3. The zero-order valence-electron chi connectivity index (χ0n) is 12.3. The molecule has 108 valence electrons. The van der Waals surface area contributed by atoms with E-state index in [0.29, 0.717) is 18.8 Å². The summed E-state index contributed by atoms with van der Waals surface area (Å²) < 4.78 is 0. The number of amidine groups is 1.